The molecule has 0 N–H and O–H groups in total. The maximum Gasteiger partial charge on any atom is 0.338 e. The van der Waals surface area contributed by atoms with E-state index < -0.39 is 13.0 Å². The molecule has 0 unspecified atom stereocenters. The lowest BCUT2D eigenvalue weighted by molar-refractivity contribution is -0.384. The normalized spacial score (nSPS) is 36.2. The summed E-state index contributed by atoms with van der Waals surface area (Å²) in [6.45, 7) is 14.6. The van der Waals surface area contributed by atoms with Gasteiger partial charge in [-0.25, -0.2) is 4.79 Å². The second-order valence-electron chi connectivity index (χ2n) is 12.3. The number of allylic oxidation sites excluding steroid dienone is 2. The average molecular weight is 470 g/mol. The van der Waals surface area contributed by atoms with Gasteiger partial charge in [-0.3, -0.25) is 10.1 Å². The molecule has 0 aromatic heterocycles. The Kier molecular flexibility index (Phi) is 6.36. The molecule has 1 aromatic carbocycles. The van der Waals surface area contributed by atoms with Crippen LogP contribution < -0.4 is 0 Å². The zero-order valence-electron chi connectivity index (χ0n) is 21.0. The Morgan fingerprint density at radius 2 is 1.76 bits per heavy atom. The Bertz CT molecular complexity index is 950. The molecule has 3 aliphatic rings. The number of ether oxygens (including phenoxy) is 1. The number of rotatable bonds is 4. The third-order valence-corrected chi connectivity index (χ3v) is 11.3. The van der Waals surface area contributed by atoms with Crippen LogP contribution >= 0.6 is 0 Å². The maximum atomic E-state index is 13.1. The summed E-state index contributed by atoms with van der Waals surface area (Å²) in [5.41, 5.74) is 0.652. The Balaban J connectivity index is 1.61. The van der Waals surface area contributed by atoms with Gasteiger partial charge >= 0.3 is 5.97 Å². The summed E-state index contributed by atoms with van der Waals surface area (Å²) in [5, 5.41) is 12.7. The highest BCUT2D eigenvalue weighted by Gasteiger charge is 2.57. The van der Waals surface area contributed by atoms with Gasteiger partial charge in [0, 0.05) is 12.1 Å². The highest BCUT2D eigenvalue weighted by atomic mass is 28.3. The topological polar surface area (TPSA) is 69.4 Å². The second kappa shape index (κ2) is 8.68. The number of carbonyl (C=O) groups is 1. The Morgan fingerprint density at radius 3 is 2.36 bits per heavy atom. The first kappa shape index (κ1) is 24.2. The van der Waals surface area contributed by atoms with Crippen LogP contribution in [0.15, 0.2) is 35.5 Å². The van der Waals surface area contributed by atoms with E-state index >= 15 is 0 Å². The fraction of sp³-hybridized carbons (Fsp3) is 0.667. The van der Waals surface area contributed by atoms with Crippen LogP contribution in [0.4, 0.5) is 5.69 Å². The highest BCUT2D eigenvalue weighted by Crippen LogP contribution is 2.61. The summed E-state index contributed by atoms with van der Waals surface area (Å²) >= 11 is 0. The van der Waals surface area contributed by atoms with Crippen molar-refractivity contribution in [2.75, 3.05) is 0 Å². The largest absolute Gasteiger partial charge is 0.458 e. The number of nitrogens with zero attached hydrogens (tertiary/aromatic N) is 1. The average Bonchev–Trinajstić information content (AvgIpc) is 2.74. The molecule has 0 aliphatic heterocycles. The number of hydrogen-bond acceptors (Lipinski definition) is 4. The van der Waals surface area contributed by atoms with Crippen molar-refractivity contribution in [3.8, 4) is 0 Å². The smallest absolute Gasteiger partial charge is 0.338 e. The van der Waals surface area contributed by atoms with Crippen LogP contribution in [-0.4, -0.2) is 25.1 Å². The van der Waals surface area contributed by atoms with Crippen LogP contribution in [0.1, 0.15) is 63.2 Å². The summed E-state index contributed by atoms with van der Waals surface area (Å²) in [6.07, 6.45) is 8.19. The van der Waals surface area contributed by atoms with Crippen LogP contribution in [0.2, 0.25) is 19.6 Å². The Labute approximate surface area is 199 Å². The van der Waals surface area contributed by atoms with Crippen molar-refractivity contribution >= 4 is 19.7 Å². The van der Waals surface area contributed by atoms with E-state index in [1.165, 1.54) is 43.5 Å². The molecule has 0 spiro atoms. The first-order chi connectivity index (χ1) is 15.4. The van der Waals surface area contributed by atoms with E-state index in [1.807, 2.05) is 0 Å². The van der Waals surface area contributed by atoms with Crippen molar-refractivity contribution in [1.29, 1.82) is 0 Å². The van der Waals surface area contributed by atoms with E-state index in [-0.39, 0.29) is 23.2 Å². The molecule has 5 nitrogen and oxygen atoms in total. The molecule has 3 aliphatic carbocycles. The summed E-state index contributed by atoms with van der Waals surface area (Å²) in [5.74, 6) is 2.28. The molecule has 0 saturated heterocycles. The molecule has 4 rings (SSSR count). The second-order valence-corrected chi connectivity index (χ2v) is 17.4. The molecule has 0 bridgehead atoms. The van der Waals surface area contributed by atoms with Gasteiger partial charge in [0.05, 0.1) is 18.6 Å². The summed E-state index contributed by atoms with van der Waals surface area (Å²) in [6, 6.07) is 5.79. The molecule has 7 atom stereocenters. The SMILES string of the molecule is C[C@@H]1CC[C@@H]2[C@@H](C1)[C@H](OC(=O)c1ccc([N+](=O)[O-])cc1)C[C@@H]1[C@@H](C)C=C([Si](C)(C)C)C[C@]21C. The van der Waals surface area contributed by atoms with Gasteiger partial charge < -0.3 is 4.74 Å². The van der Waals surface area contributed by atoms with Gasteiger partial charge in [-0.15, -0.1) is 0 Å². The zero-order valence-corrected chi connectivity index (χ0v) is 22.0. The summed E-state index contributed by atoms with van der Waals surface area (Å²) in [4.78, 5) is 23.6. The van der Waals surface area contributed by atoms with Gasteiger partial charge in [-0.2, -0.15) is 0 Å². The molecule has 6 heteroatoms. The number of carbonyl (C=O) groups excluding carboxylic acids is 1. The van der Waals surface area contributed by atoms with Crippen LogP contribution in [0.3, 0.4) is 0 Å². The molecule has 0 heterocycles. The minimum atomic E-state index is -1.36. The standard InChI is InChI=1S/C27H39NO4Si/c1-17-7-12-23-22(13-17)25(32-26(29)19-8-10-20(11-9-19)28(30)31)15-24-18(2)14-21(33(4,5)6)16-27(23,24)3/h8-11,14,17-18,22-25H,7,12-13,15-16H2,1-6H3/t17-,18+,22-,23-,24-,25-,27-/m1/s1. The lowest BCUT2D eigenvalue weighted by atomic mass is 9.47. The fourth-order valence-electron chi connectivity index (χ4n) is 7.18. The van der Waals surface area contributed by atoms with Gasteiger partial charge in [0.2, 0.25) is 0 Å². The van der Waals surface area contributed by atoms with Crippen LogP contribution in [-0.2, 0) is 4.74 Å². The molecule has 0 amide bonds. The van der Waals surface area contributed by atoms with Gasteiger partial charge in [-0.05, 0) is 72.8 Å². The van der Waals surface area contributed by atoms with E-state index in [1.54, 1.807) is 5.20 Å². The van der Waals surface area contributed by atoms with Crippen LogP contribution in [0.5, 0.6) is 0 Å². The molecule has 180 valence electrons. The van der Waals surface area contributed by atoms with Crippen molar-refractivity contribution in [3.63, 3.8) is 0 Å². The molecule has 33 heavy (non-hydrogen) atoms. The number of non-ortho nitro benzene ring substituents is 1. The number of esters is 1. The van der Waals surface area contributed by atoms with Crippen LogP contribution in [0.25, 0.3) is 0 Å². The van der Waals surface area contributed by atoms with Crippen molar-refractivity contribution in [1.82, 2.24) is 0 Å². The van der Waals surface area contributed by atoms with Crippen molar-refractivity contribution in [2.24, 2.45) is 35.0 Å². The highest BCUT2D eigenvalue weighted by molar-refractivity contribution is 6.83. The van der Waals surface area contributed by atoms with Crippen molar-refractivity contribution in [3.05, 3.63) is 51.2 Å². The monoisotopic (exact) mass is 469 g/mol. The molecule has 2 fully saturated rings. The van der Waals surface area contributed by atoms with E-state index in [4.69, 9.17) is 4.74 Å². The fourth-order valence-corrected chi connectivity index (χ4v) is 8.85. The minimum absolute atomic E-state index is 0.0119. The number of nitro benzene ring substituents is 1. The Morgan fingerprint density at radius 1 is 1.09 bits per heavy atom. The van der Waals surface area contributed by atoms with E-state index in [0.29, 0.717) is 35.2 Å². The lowest BCUT2D eigenvalue weighted by Gasteiger charge is -2.60. The molecule has 0 radical (unpaired) electrons. The predicted molar refractivity (Wildman–Crippen MR) is 134 cm³/mol. The lowest BCUT2D eigenvalue weighted by Crippen LogP contribution is -2.56. The van der Waals surface area contributed by atoms with Gasteiger partial charge in [-0.1, -0.05) is 58.1 Å². The third kappa shape index (κ3) is 4.55. The third-order valence-electron chi connectivity index (χ3n) is 9.03. The number of nitro groups is 1. The van der Waals surface area contributed by atoms with E-state index in [2.05, 4.69) is 46.5 Å². The van der Waals surface area contributed by atoms with E-state index in [0.717, 1.165) is 12.8 Å². The predicted octanol–water partition coefficient (Wildman–Crippen LogP) is 7.04. The number of fused-ring (bicyclic) bond motifs is 3. The first-order valence-electron chi connectivity index (χ1n) is 12.6. The first-order valence-corrected chi connectivity index (χ1v) is 16.1. The van der Waals surface area contributed by atoms with Gasteiger partial charge in [0.15, 0.2) is 0 Å². The molecule has 2 saturated carbocycles. The minimum Gasteiger partial charge on any atom is -0.458 e. The van der Waals surface area contributed by atoms with Gasteiger partial charge in [0.1, 0.15) is 6.10 Å². The Hall–Kier alpha value is -1.95. The summed E-state index contributed by atoms with van der Waals surface area (Å²) in [7, 11) is -1.36. The quantitative estimate of drug-likeness (QED) is 0.205. The van der Waals surface area contributed by atoms with Gasteiger partial charge in [0.25, 0.3) is 5.69 Å². The molecular formula is C27H39NO4Si. The number of benzene rings is 1. The zero-order chi connectivity index (χ0) is 24.1. The van der Waals surface area contributed by atoms with E-state index in [9.17, 15) is 14.9 Å². The molecule has 1 aromatic rings. The van der Waals surface area contributed by atoms with Crippen LogP contribution in [0, 0.1) is 45.1 Å². The van der Waals surface area contributed by atoms with Crippen molar-refractivity contribution < 1.29 is 14.5 Å². The maximum absolute atomic E-state index is 13.1. The summed E-state index contributed by atoms with van der Waals surface area (Å²) < 4.78 is 6.21. The number of hydrogen-bond donors (Lipinski definition) is 0. The van der Waals surface area contributed by atoms with Crippen molar-refractivity contribution in [2.45, 2.75) is 78.6 Å². The molecular weight excluding hydrogens is 430 g/mol.